The molecule has 1 unspecified atom stereocenters. The highest BCUT2D eigenvalue weighted by Crippen LogP contribution is 2.35. The van der Waals surface area contributed by atoms with Crippen molar-refractivity contribution in [2.75, 3.05) is 19.1 Å². The van der Waals surface area contributed by atoms with Crippen LogP contribution in [-0.2, 0) is 0 Å². The molecular weight excluding hydrogens is 419 g/mol. The minimum absolute atomic E-state index is 0.0389. The maximum Gasteiger partial charge on any atom is 0.119 e. The molecule has 0 bridgehead atoms. The van der Waals surface area contributed by atoms with Crippen LogP contribution in [0.3, 0.4) is 0 Å². The van der Waals surface area contributed by atoms with Gasteiger partial charge in [-0.1, -0.05) is 66.2 Å². The van der Waals surface area contributed by atoms with Gasteiger partial charge in [-0.15, -0.1) is 11.6 Å². The van der Waals surface area contributed by atoms with Crippen LogP contribution in [0, 0.1) is 0 Å². The van der Waals surface area contributed by atoms with E-state index in [1.165, 1.54) is 0 Å². The van der Waals surface area contributed by atoms with E-state index < -0.39 is 6.10 Å². The molecule has 0 saturated carbocycles. The fraction of sp³-hybridized carbons (Fsp3) is 0.200. The Morgan fingerprint density at radius 3 is 2.00 bits per heavy atom. The second-order valence-corrected chi connectivity index (χ2v) is 7.65. The van der Waals surface area contributed by atoms with Gasteiger partial charge < -0.3 is 14.9 Å². The number of halogens is 2. The molecule has 0 radical (unpaired) electrons. The highest BCUT2D eigenvalue weighted by molar-refractivity contribution is 6.30. The standard InChI is InChI=1S/C25H24Cl2O3/c26-15-14-24(18-4-2-1-3-5-18)25(19-6-10-21(27)11-7-19)20-8-12-23(13-9-20)30-17-22(29)16-28/h1-13,22,28-29H,14-17H2. The summed E-state index contributed by atoms with van der Waals surface area (Å²) in [7, 11) is 0. The van der Waals surface area contributed by atoms with Crippen LogP contribution >= 0.6 is 23.2 Å². The SMILES string of the molecule is OCC(O)COc1ccc(C(=C(CCCl)c2ccccc2)c2ccc(Cl)cc2)cc1. The minimum atomic E-state index is -0.900. The Morgan fingerprint density at radius 1 is 0.833 bits per heavy atom. The lowest BCUT2D eigenvalue weighted by Crippen LogP contribution is -2.21. The first-order valence-corrected chi connectivity index (χ1v) is 10.7. The van der Waals surface area contributed by atoms with Crippen molar-refractivity contribution in [3.05, 3.63) is 101 Å². The summed E-state index contributed by atoms with van der Waals surface area (Å²) in [6.45, 7) is -0.294. The molecule has 0 fully saturated rings. The van der Waals surface area contributed by atoms with Crippen molar-refractivity contribution in [3.63, 3.8) is 0 Å². The van der Waals surface area contributed by atoms with Gasteiger partial charge in [0.15, 0.2) is 0 Å². The van der Waals surface area contributed by atoms with Crippen molar-refractivity contribution in [2.45, 2.75) is 12.5 Å². The van der Waals surface area contributed by atoms with Gasteiger partial charge in [0.05, 0.1) is 6.61 Å². The van der Waals surface area contributed by atoms with Crippen LogP contribution in [0.4, 0.5) is 0 Å². The van der Waals surface area contributed by atoms with Crippen LogP contribution in [-0.4, -0.2) is 35.4 Å². The highest BCUT2D eigenvalue weighted by Gasteiger charge is 2.14. The summed E-state index contributed by atoms with van der Waals surface area (Å²) in [6.07, 6.45) is -0.188. The maximum absolute atomic E-state index is 9.49. The van der Waals surface area contributed by atoms with Gasteiger partial charge in [0.1, 0.15) is 18.5 Å². The lowest BCUT2D eigenvalue weighted by molar-refractivity contribution is 0.0536. The molecule has 0 aromatic heterocycles. The van der Waals surface area contributed by atoms with E-state index in [9.17, 15) is 5.11 Å². The molecule has 1 atom stereocenters. The first-order chi connectivity index (χ1) is 14.6. The predicted octanol–water partition coefficient (Wildman–Crippen LogP) is 5.66. The van der Waals surface area contributed by atoms with E-state index in [1.54, 1.807) is 0 Å². The van der Waals surface area contributed by atoms with Crippen LogP contribution in [0.1, 0.15) is 23.1 Å². The molecule has 3 aromatic carbocycles. The molecule has 0 aliphatic rings. The van der Waals surface area contributed by atoms with Gasteiger partial charge in [-0.05, 0) is 58.5 Å². The molecule has 3 nitrogen and oxygen atoms in total. The van der Waals surface area contributed by atoms with Crippen LogP contribution in [0.25, 0.3) is 11.1 Å². The highest BCUT2D eigenvalue weighted by atomic mass is 35.5. The predicted molar refractivity (Wildman–Crippen MR) is 124 cm³/mol. The van der Waals surface area contributed by atoms with Crippen LogP contribution in [0.15, 0.2) is 78.9 Å². The van der Waals surface area contributed by atoms with Gasteiger partial charge in [0.25, 0.3) is 0 Å². The molecular formula is C25H24Cl2O3. The van der Waals surface area contributed by atoms with Crippen molar-refractivity contribution in [1.82, 2.24) is 0 Å². The van der Waals surface area contributed by atoms with Gasteiger partial charge >= 0.3 is 0 Å². The van der Waals surface area contributed by atoms with Gasteiger partial charge in [-0.2, -0.15) is 0 Å². The Balaban J connectivity index is 2.06. The molecule has 2 N–H and O–H groups in total. The van der Waals surface area contributed by atoms with Crippen molar-refractivity contribution in [1.29, 1.82) is 0 Å². The van der Waals surface area contributed by atoms with Crippen molar-refractivity contribution in [2.24, 2.45) is 0 Å². The minimum Gasteiger partial charge on any atom is -0.491 e. The van der Waals surface area contributed by atoms with E-state index >= 15 is 0 Å². The van der Waals surface area contributed by atoms with Crippen molar-refractivity contribution < 1.29 is 14.9 Å². The average molecular weight is 443 g/mol. The zero-order valence-electron chi connectivity index (χ0n) is 16.5. The molecule has 3 aromatic rings. The second kappa shape index (κ2) is 11.2. The Bertz CT molecular complexity index is 952. The first-order valence-electron chi connectivity index (χ1n) is 9.75. The smallest absolute Gasteiger partial charge is 0.119 e. The van der Waals surface area contributed by atoms with E-state index in [0.29, 0.717) is 23.1 Å². The molecule has 0 amide bonds. The Labute approximate surface area is 187 Å². The third-order valence-corrected chi connectivity index (χ3v) is 5.14. The summed E-state index contributed by atoms with van der Waals surface area (Å²) in [4.78, 5) is 0. The first kappa shape index (κ1) is 22.4. The molecule has 0 aliphatic carbocycles. The van der Waals surface area contributed by atoms with Crippen LogP contribution in [0.2, 0.25) is 5.02 Å². The number of aliphatic hydroxyl groups excluding tert-OH is 2. The van der Waals surface area contributed by atoms with E-state index in [-0.39, 0.29) is 13.2 Å². The van der Waals surface area contributed by atoms with Crippen LogP contribution < -0.4 is 4.74 Å². The third kappa shape index (κ3) is 5.87. The van der Waals surface area contributed by atoms with Gasteiger partial charge in [0.2, 0.25) is 0 Å². The Kier molecular flexibility index (Phi) is 8.35. The normalized spacial score (nSPS) is 12.9. The largest absolute Gasteiger partial charge is 0.491 e. The molecule has 5 heteroatoms. The second-order valence-electron chi connectivity index (χ2n) is 6.84. The van der Waals surface area contributed by atoms with Gasteiger partial charge in [-0.3, -0.25) is 0 Å². The summed E-state index contributed by atoms with van der Waals surface area (Å²) >= 11 is 12.3. The number of alkyl halides is 1. The maximum atomic E-state index is 9.49. The number of aliphatic hydroxyl groups is 2. The topological polar surface area (TPSA) is 49.7 Å². The number of ether oxygens (including phenoxy) is 1. The number of benzene rings is 3. The zero-order chi connectivity index (χ0) is 21.3. The Hall–Kier alpha value is -2.30. The third-order valence-electron chi connectivity index (χ3n) is 4.70. The summed E-state index contributed by atoms with van der Waals surface area (Å²) in [6, 6.07) is 25.7. The van der Waals surface area contributed by atoms with Gasteiger partial charge in [-0.25, -0.2) is 0 Å². The quantitative estimate of drug-likeness (QED) is 0.332. The van der Waals surface area contributed by atoms with Crippen molar-refractivity contribution >= 4 is 34.3 Å². The molecule has 0 heterocycles. The lowest BCUT2D eigenvalue weighted by Gasteiger charge is -2.17. The summed E-state index contributed by atoms with van der Waals surface area (Å²) in [5, 5.41) is 19.1. The fourth-order valence-corrected chi connectivity index (χ4v) is 3.56. The van der Waals surface area contributed by atoms with E-state index in [0.717, 1.165) is 27.8 Å². The number of rotatable bonds is 9. The molecule has 0 aliphatic heterocycles. The van der Waals surface area contributed by atoms with Crippen LogP contribution in [0.5, 0.6) is 5.75 Å². The molecule has 30 heavy (non-hydrogen) atoms. The summed E-state index contributed by atoms with van der Waals surface area (Å²) in [5.41, 5.74) is 5.43. The molecule has 0 saturated heterocycles. The number of allylic oxidation sites excluding steroid dienone is 1. The molecule has 156 valence electrons. The number of hydrogen-bond acceptors (Lipinski definition) is 3. The Morgan fingerprint density at radius 2 is 1.43 bits per heavy atom. The summed E-state index contributed by atoms with van der Waals surface area (Å²) in [5.74, 6) is 1.13. The molecule has 0 spiro atoms. The summed E-state index contributed by atoms with van der Waals surface area (Å²) < 4.78 is 5.54. The monoisotopic (exact) mass is 442 g/mol. The lowest BCUT2D eigenvalue weighted by atomic mass is 9.88. The number of hydrogen-bond donors (Lipinski definition) is 2. The van der Waals surface area contributed by atoms with Gasteiger partial charge in [0, 0.05) is 10.9 Å². The van der Waals surface area contributed by atoms with E-state index in [4.69, 9.17) is 33.0 Å². The fourth-order valence-electron chi connectivity index (χ4n) is 3.24. The van der Waals surface area contributed by atoms with E-state index in [2.05, 4.69) is 12.1 Å². The average Bonchev–Trinajstić information content (AvgIpc) is 2.79. The zero-order valence-corrected chi connectivity index (χ0v) is 18.0. The van der Waals surface area contributed by atoms with Crippen molar-refractivity contribution in [3.8, 4) is 5.75 Å². The van der Waals surface area contributed by atoms with E-state index in [1.807, 2.05) is 66.7 Å². The molecule has 3 rings (SSSR count).